The second-order valence-corrected chi connectivity index (χ2v) is 6.82. The lowest BCUT2D eigenvalue weighted by Crippen LogP contribution is -2.28. The van der Waals surface area contributed by atoms with Crippen LogP contribution in [0.15, 0.2) is 42.5 Å². The van der Waals surface area contributed by atoms with Gasteiger partial charge in [0.05, 0.1) is 6.54 Å². The second-order valence-electron chi connectivity index (χ2n) is 6.82. The van der Waals surface area contributed by atoms with Crippen LogP contribution in [0, 0.1) is 0 Å². The fourth-order valence-corrected chi connectivity index (χ4v) is 3.71. The molecule has 2 aliphatic rings. The van der Waals surface area contributed by atoms with Gasteiger partial charge in [-0.3, -0.25) is 19.3 Å². The van der Waals surface area contributed by atoms with Crippen molar-refractivity contribution in [2.24, 2.45) is 0 Å². The van der Waals surface area contributed by atoms with E-state index in [1.54, 1.807) is 12.1 Å². The number of aryl methyl sites for hydroxylation is 1. The molecule has 0 spiro atoms. The molecule has 0 radical (unpaired) electrons. The van der Waals surface area contributed by atoms with Gasteiger partial charge in [0.25, 0.3) is 5.91 Å². The Morgan fingerprint density at radius 2 is 1.65 bits per heavy atom. The van der Waals surface area contributed by atoms with Crippen LogP contribution in [0.3, 0.4) is 0 Å². The highest BCUT2D eigenvalue weighted by Gasteiger charge is 2.28. The Labute approximate surface area is 152 Å². The molecule has 1 aliphatic heterocycles. The number of carbonyl (C=O) groups is 3. The lowest BCUT2D eigenvalue weighted by molar-refractivity contribution is -0.139. The number of fused-ring (bicyclic) bond motifs is 1. The van der Waals surface area contributed by atoms with E-state index in [4.69, 9.17) is 0 Å². The van der Waals surface area contributed by atoms with Gasteiger partial charge in [-0.15, -0.1) is 0 Å². The van der Waals surface area contributed by atoms with Crippen molar-refractivity contribution in [2.75, 3.05) is 5.32 Å². The molecule has 0 unspecified atom stereocenters. The molecule has 0 bridgehead atoms. The highest BCUT2D eigenvalue weighted by atomic mass is 16.2. The number of rotatable bonds is 4. The molecule has 5 nitrogen and oxygen atoms in total. The Balaban J connectivity index is 1.45. The number of anilines is 1. The van der Waals surface area contributed by atoms with Gasteiger partial charge < -0.3 is 5.32 Å². The number of benzene rings is 2. The Hall–Kier alpha value is -2.95. The van der Waals surface area contributed by atoms with E-state index in [-0.39, 0.29) is 24.3 Å². The van der Waals surface area contributed by atoms with Crippen molar-refractivity contribution in [3.8, 4) is 0 Å². The van der Waals surface area contributed by atoms with Gasteiger partial charge in [0.2, 0.25) is 11.8 Å². The van der Waals surface area contributed by atoms with Crippen LogP contribution in [-0.4, -0.2) is 22.6 Å². The molecule has 4 rings (SSSR count). The number of hydrogen-bond acceptors (Lipinski definition) is 3. The minimum absolute atomic E-state index is 0.0959. The number of amides is 3. The van der Waals surface area contributed by atoms with E-state index in [1.165, 1.54) is 10.5 Å². The molecular formula is C21H20N2O3. The monoisotopic (exact) mass is 348 g/mol. The lowest BCUT2D eigenvalue weighted by Gasteiger charge is -2.14. The van der Waals surface area contributed by atoms with E-state index in [1.807, 2.05) is 24.3 Å². The SMILES string of the molecule is O=C(Nc1ccc(CN2C(=O)CCC2=O)cc1)c1cccc2c1CCC2. The minimum atomic E-state index is -0.120. The predicted molar refractivity (Wildman–Crippen MR) is 97.7 cm³/mol. The topological polar surface area (TPSA) is 66.5 Å². The molecule has 0 saturated carbocycles. The molecule has 132 valence electrons. The Morgan fingerprint density at radius 3 is 2.38 bits per heavy atom. The second kappa shape index (κ2) is 6.75. The van der Waals surface area contributed by atoms with Gasteiger partial charge in [-0.2, -0.15) is 0 Å². The van der Waals surface area contributed by atoms with Crippen LogP contribution in [0.5, 0.6) is 0 Å². The molecule has 26 heavy (non-hydrogen) atoms. The quantitative estimate of drug-likeness (QED) is 0.864. The highest BCUT2D eigenvalue weighted by molar-refractivity contribution is 6.05. The van der Waals surface area contributed by atoms with Crippen molar-refractivity contribution in [2.45, 2.75) is 38.6 Å². The first kappa shape index (κ1) is 16.5. The zero-order valence-electron chi connectivity index (χ0n) is 14.5. The van der Waals surface area contributed by atoms with Gasteiger partial charge in [-0.05, 0) is 54.2 Å². The van der Waals surface area contributed by atoms with Gasteiger partial charge in [0.15, 0.2) is 0 Å². The summed E-state index contributed by atoms with van der Waals surface area (Å²) >= 11 is 0. The lowest BCUT2D eigenvalue weighted by atomic mass is 10.0. The van der Waals surface area contributed by atoms with Crippen molar-refractivity contribution in [3.05, 3.63) is 64.7 Å². The summed E-state index contributed by atoms with van der Waals surface area (Å²) in [5.74, 6) is -0.336. The van der Waals surface area contributed by atoms with Crippen LogP contribution in [0.2, 0.25) is 0 Å². The number of carbonyl (C=O) groups excluding carboxylic acids is 3. The first-order valence-corrected chi connectivity index (χ1v) is 8.96. The van der Waals surface area contributed by atoms with Crippen LogP contribution in [0.1, 0.15) is 46.3 Å². The summed E-state index contributed by atoms with van der Waals surface area (Å²) in [6.07, 6.45) is 3.69. The predicted octanol–water partition coefficient (Wildman–Crippen LogP) is 3.08. The molecule has 5 heteroatoms. The maximum absolute atomic E-state index is 12.6. The Morgan fingerprint density at radius 1 is 0.923 bits per heavy atom. The summed E-state index contributed by atoms with van der Waals surface area (Å²) < 4.78 is 0. The molecule has 2 aromatic carbocycles. The fourth-order valence-electron chi connectivity index (χ4n) is 3.71. The third-order valence-electron chi connectivity index (χ3n) is 5.10. The maximum Gasteiger partial charge on any atom is 0.255 e. The molecule has 1 fully saturated rings. The molecule has 1 heterocycles. The fraction of sp³-hybridized carbons (Fsp3) is 0.286. The van der Waals surface area contributed by atoms with Crippen LogP contribution in [0.4, 0.5) is 5.69 Å². The summed E-state index contributed by atoms with van der Waals surface area (Å²) in [6.45, 7) is 0.290. The molecule has 1 N–H and O–H groups in total. The zero-order valence-corrected chi connectivity index (χ0v) is 14.5. The van der Waals surface area contributed by atoms with E-state index in [2.05, 4.69) is 11.4 Å². The number of imide groups is 1. The third kappa shape index (κ3) is 3.12. The van der Waals surface area contributed by atoms with E-state index in [0.29, 0.717) is 18.5 Å². The van der Waals surface area contributed by atoms with Gasteiger partial charge in [-0.1, -0.05) is 24.3 Å². The first-order valence-electron chi connectivity index (χ1n) is 8.96. The van der Waals surface area contributed by atoms with E-state index < -0.39 is 0 Å². The molecule has 2 aromatic rings. The highest BCUT2D eigenvalue weighted by Crippen LogP contribution is 2.26. The summed E-state index contributed by atoms with van der Waals surface area (Å²) in [4.78, 5) is 37.3. The number of hydrogen-bond donors (Lipinski definition) is 1. The standard InChI is InChI=1S/C21H20N2O3/c24-19-11-12-20(25)23(19)13-14-7-9-16(10-8-14)22-21(26)18-6-2-4-15-3-1-5-17(15)18/h2,4,6-10H,1,3,5,11-13H2,(H,22,26). The average molecular weight is 348 g/mol. The number of nitrogens with zero attached hydrogens (tertiary/aromatic N) is 1. The number of likely N-dealkylation sites (tertiary alicyclic amines) is 1. The molecule has 1 aliphatic carbocycles. The van der Waals surface area contributed by atoms with Gasteiger partial charge in [0, 0.05) is 24.1 Å². The van der Waals surface area contributed by atoms with Crippen LogP contribution in [0.25, 0.3) is 0 Å². The van der Waals surface area contributed by atoms with Crippen molar-refractivity contribution < 1.29 is 14.4 Å². The van der Waals surface area contributed by atoms with Gasteiger partial charge >= 0.3 is 0 Å². The molecule has 1 saturated heterocycles. The summed E-state index contributed by atoms with van der Waals surface area (Å²) in [5.41, 5.74) is 4.75. The minimum Gasteiger partial charge on any atom is -0.322 e. The van der Waals surface area contributed by atoms with Gasteiger partial charge in [-0.25, -0.2) is 0 Å². The van der Waals surface area contributed by atoms with Gasteiger partial charge in [0.1, 0.15) is 0 Å². The summed E-state index contributed by atoms with van der Waals surface area (Å²) in [6, 6.07) is 13.2. The van der Waals surface area contributed by atoms with Crippen molar-refractivity contribution in [1.29, 1.82) is 0 Å². The van der Waals surface area contributed by atoms with E-state index in [0.717, 1.165) is 36.0 Å². The van der Waals surface area contributed by atoms with Crippen molar-refractivity contribution >= 4 is 23.4 Å². The Bertz CT molecular complexity index is 871. The molecule has 0 aromatic heterocycles. The van der Waals surface area contributed by atoms with Crippen molar-refractivity contribution in [1.82, 2.24) is 4.90 Å². The van der Waals surface area contributed by atoms with Crippen LogP contribution < -0.4 is 5.32 Å². The third-order valence-corrected chi connectivity index (χ3v) is 5.10. The molecule has 0 atom stereocenters. The average Bonchev–Trinajstić information content (AvgIpc) is 3.24. The largest absolute Gasteiger partial charge is 0.322 e. The van der Waals surface area contributed by atoms with Crippen LogP contribution >= 0.6 is 0 Å². The molecular weight excluding hydrogens is 328 g/mol. The Kier molecular flexibility index (Phi) is 4.29. The smallest absolute Gasteiger partial charge is 0.255 e. The van der Waals surface area contributed by atoms with E-state index in [9.17, 15) is 14.4 Å². The van der Waals surface area contributed by atoms with E-state index >= 15 is 0 Å². The van der Waals surface area contributed by atoms with Crippen LogP contribution in [-0.2, 0) is 29.0 Å². The summed E-state index contributed by atoms with van der Waals surface area (Å²) in [7, 11) is 0. The normalized spacial score (nSPS) is 16.1. The maximum atomic E-state index is 12.6. The zero-order chi connectivity index (χ0) is 18.1. The number of nitrogens with one attached hydrogen (secondary N) is 1. The summed E-state index contributed by atoms with van der Waals surface area (Å²) in [5, 5.41) is 2.94. The van der Waals surface area contributed by atoms with Crippen molar-refractivity contribution in [3.63, 3.8) is 0 Å². The first-order chi connectivity index (χ1) is 12.6. The molecule has 3 amide bonds.